The molecule has 0 spiro atoms. The number of methoxy groups -OCH3 is 1. The Morgan fingerprint density at radius 1 is 1.23 bits per heavy atom. The van der Waals surface area contributed by atoms with Crippen LogP contribution in [0.2, 0.25) is 0 Å². The molecular weight excluding hydrogens is 160 g/mol. The third-order valence-corrected chi connectivity index (χ3v) is 2.16. The van der Waals surface area contributed by atoms with Gasteiger partial charge in [-0.25, -0.2) is 0 Å². The molecule has 78 valence electrons. The average Bonchev–Trinajstić information content (AvgIpc) is 2.09. The first kappa shape index (κ1) is 12.7. The maximum atomic E-state index is 5.36. The quantitative estimate of drug-likeness (QED) is 0.430. The van der Waals surface area contributed by atoms with Crippen molar-refractivity contribution in [2.75, 3.05) is 7.11 Å². The van der Waals surface area contributed by atoms with Gasteiger partial charge in [0.2, 0.25) is 0 Å². The first-order valence-electron chi connectivity index (χ1n) is 5.38. The van der Waals surface area contributed by atoms with Gasteiger partial charge in [-0.2, -0.15) is 0 Å². The van der Waals surface area contributed by atoms with Crippen molar-refractivity contribution in [2.24, 2.45) is 0 Å². The largest absolute Gasteiger partial charge is 0.377 e. The third-order valence-electron chi connectivity index (χ3n) is 2.16. The van der Waals surface area contributed by atoms with Gasteiger partial charge >= 0.3 is 0 Å². The molecule has 0 aromatic heterocycles. The van der Waals surface area contributed by atoms with Crippen LogP contribution >= 0.6 is 0 Å². The lowest BCUT2D eigenvalue weighted by Crippen LogP contribution is -2.06. The predicted molar refractivity (Wildman–Crippen MR) is 59.0 cm³/mol. The molecule has 0 saturated carbocycles. The summed E-state index contributed by atoms with van der Waals surface area (Å²) in [4.78, 5) is 0. The van der Waals surface area contributed by atoms with Gasteiger partial charge in [0.15, 0.2) is 0 Å². The summed E-state index contributed by atoms with van der Waals surface area (Å²) in [5.41, 5.74) is 1.35. The number of hydrogen-bond acceptors (Lipinski definition) is 1. The molecule has 0 aliphatic rings. The van der Waals surface area contributed by atoms with Crippen LogP contribution in [0.15, 0.2) is 11.6 Å². The molecule has 0 aromatic carbocycles. The van der Waals surface area contributed by atoms with Gasteiger partial charge in [-0.1, -0.05) is 44.3 Å². The van der Waals surface area contributed by atoms with Gasteiger partial charge in [-0.3, -0.25) is 0 Å². The molecule has 0 heterocycles. The van der Waals surface area contributed by atoms with Gasteiger partial charge in [-0.05, 0) is 20.3 Å². The van der Waals surface area contributed by atoms with Crippen LogP contribution in [0.3, 0.4) is 0 Å². The second-order valence-corrected chi connectivity index (χ2v) is 3.87. The van der Waals surface area contributed by atoms with E-state index in [2.05, 4.69) is 26.8 Å². The predicted octanol–water partition coefficient (Wildman–Crippen LogP) is 3.94. The van der Waals surface area contributed by atoms with Crippen LogP contribution in [0, 0.1) is 0 Å². The van der Waals surface area contributed by atoms with E-state index in [1.54, 1.807) is 7.11 Å². The van der Waals surface area contributed by atoms with E-state index in [0.29, 0.717) is 6.10 Å². The number of hydrogen-bond donors (Lipinski definition) is 0. The molecule has 0 aliphatic heterocycles. The highest BCUT2D eigenvalue weighted by Crippen LogP contribution is 2.10. The molecule has 0 saturated heterocycles. The number of allylic oxidation sites excluding steroid dienone is 1. The highest BCUT2D eigenvalue weighted by Gasteiger charge is 2.02. The van der Waals surface area contributed by atoms with Gasteiger partial charge in [-0.15, -0.1) is 0 Å². The maximum absolute atomic E-state index is 5.36. The van der Waals surface area contributed by atoms with Crippen molar-refractivity contribution >= 4 is 0 Å². The zero-order valence-corrected chi connectivity index (χ0v) is 9.60. The van der Waals surface area contributed by atoms with Crippen LogP contribution in [-0.2, 0) is 4.74 Å². The second-order valence-electron chi connectivity index (χ2n) is 3.87. The first-order chi connectivity index (χ1) is 6.20. The molecular formula is C12H24O. The molecule has 1 heteroatoms. The Hall–Kier alpha value is -0.300. The Bertz CT molecular complexity index is 134. The highest BCUT2D eigenvalue weighted by molar-refractivity contribution is 4.98. The molecule has 1 nitrogen and oxygen atoms in total. The topological polar surface area (TPSA) is 9.23 Å². The van der Waals surface area contributed by atoms with Crippen LogP contribution in [-0.4, -0.2) is 13.2 Å². The fraction of sp³-hybridized carbons (Fsp3) is 0.833. The summed E-state index contributed by atoms with van der Waals surface area (Å²) < 4.78 is 5.36. The van der Waals surface area contributed by atoms with Crippen LogP contribution in [0.25, 0.3) is 0 Å². The van der Waals surface area contributed by atoms with Crippen molar-refractivity contribution in [1.82, 2.24) is 0 Å². The van der Waals surface area contributed by atoms with E-state index < -0.39 is 0 Å². The van der Waals surface area contributed by atoms with Crippen LogP contribution in [0.5, 0.6) is 0 Å². The lowest BCUT2D eigenvalue weighted by molar-refractivity contribution is 0.130. The third kappa shape index (κ3) is 8.04. The van der Waals surface area contributed by atoms with Crippen molar-refractivity contribution in [3.8, 4) is 0 Å². The summed E-state index contributed by atoms with van der Waals surface area (Å²) in [6.07, 6.45) is 9.00. The standard InChI is InChI=1S/C12H24O/c1-5-6-7-8-9-12(13-4)10-11(2)3/h10,12H,5-9H2,1-4H3. The second kappa shape index (κ2) is 8.31. The van der Waals surface area contributed by atoms with Crippen LogP contribution in [0.1, 0.15) is 52.9 Å². The zero-order chi connectivity index (χ0) is 10.1. The van der Waals surface area contributed by atoms with Crippen molar-refractivity contribution in [3.63, 3.8) is 0 Å². The van der Waals surface area contributed by atoms with E-state index in [4.69, 9.17) is 4.74 Å². The van der Waals surface area contributed by atoms with Gasteiger partial charge in [0.25, 0.3) is 0 Å². The van der Waals surface area contributed by atoms with Gasteiger partial charge in [0.05, 0.1) is 6.10 Å². The Morgan fingerprint density at radius 2 is 1.92 bits per heavy atom. The summed E-state index contributed by atoms with van der Waals surface area (Å²) in [6, 6.07) is 0. The number of rotatable bonds is 7. The highest BCUT2D eigenvalue weighted by atomic mass is 16.5. The molecule has 13 heavy (non-hydrogen) atoms. The lowest BCUT2D eigenvalue weighted by Gasteiger charge is -2.11. The fourth-order valence-corrected chi connectivity index (χ4v) is 1.41. The van der Waals surface area contributed by atoms with Crippen molar-refractivity contribution in [2.45, 2.75) is 59.0 Å². The van der Waals surface area contributed by atoms with Crippen molar-refractivity contribution < 1.29 is 4.74 Å². The Kier molecular flexibility index (Phi) is 8.11. The molecule has 1 atom stereocenters. The summed E-state index contributed by atoms with van der Waals surface area (Å²) in [5, 5.41) is 0. The monoisotopic (exact) mass is 184 g/mol. The SMILES string of the molecule is CCCCCCC(C=C(C)C)OC. The normalized spacial score (nSPS) is 12.6. The summed E-state index contributed by atoms with van der Waals surface area (Å²) in [5.74, 6) is 0. The van der Waals surface area contributed by atoms with Crippen LogP contribution in [0.4, 0.5) is 0 Å². The molecule has 0 aliphatic carbocycles. The maximum Gasteiger partial charge on any atom is 0.0754 e. The molecule has 0 N–H and O–H groups in total. The van der Waals surface area contributed by atoms with E-state index >= 15 is 0 Å². The van der Waals surface area contributed by atoms with E-state index in [1.807, 2.05) is 0 Å². The van der Waals surface area contributed by atoms with Crippen molar-refractivity contribution in [3.05, 3.63) is 11.6 Å². The Balaban J connectivity index is 3.54. The summed E-state index contributed by atoms with van der Waals surface area (Å²) in [7, 11) is 1.80. The van der Waals surface area contributed by atoms with E-state index in [9.17, 15) is 0 Å². The molecule has 1 unspecified atom stereocenters. The zero-order valence-electron chi connectivity index (χ0n) is 9.60. The van der Waals surface area contributed by atoms with Crippen molar-refractivity contribution in [1.29, 1.82) is 0 Å². The molecule has 0 fully saturated rings. The molecule has 0 bridgehead atoms. The number of ether oxygens (including phenoxy) is 1. The molecule has 0 amide bonds. The number of unbranched alkanes of at least 4 members (excludes halogenated alkanes) is 3. The minimum Gasteiger partial charge on any atom is -0.377 e. The average molecular weight is 184 g/mol. The van der Waals surface area contributed by atoms with E-state index in [1.165, 1.54) is 37.7 Å². The minimum atomic E-state index is 0.335. The Labute approximate surface area is 83.2 Å². The van der Waals surface area contributed by atoms with E-state index in [0.717, 1.165) is 0 Å². The van der Waals surface area contributed by atoms with Gasteiger partial charge in [0.1, 0.15) is 0 Å². The smallest absolute Gasteiger partial charge is 0.0754 e. The summed E-state index contributed by atoms with van der Waals surface area (Å²) >= 11 is 0. The molecule has 0 aromatic rings. The molecule has 0 rings (SSSR count). The molecule has 0 radical (unpaired) electrons. The lowest BCUT2D eigenvalue weighted by atomic mass is 10.1. The van der Waals surface area contributed by atoms with Gasteiger partial charge in [0, 0.05) is 7.11 Å². The fourth-order valence-electron chi connectivity index (χ4n) is 1.41. The first-order valence-corrected chi connectivity index (χ1v) is 5.38. The minimum absolute atomic E-state index is 0.335. The summed E-state index contributed by atoms with van der Waals surface area (Å²) in [6.45, 7) is 6.49. The van der Waals surface area contributed by atoms with E-state index in [-0.39, 0.29) is 0 Å². The van der Waals surface area contributed by atoms with Crippen LogP contribution < -0.4 is 0 Å². The Morgan fingerprint density at radius 3 is 2.38 bits per heavy atom. The van der Waals surface area contributed by atoms with Gasteiger partial charge < -0.3 is 4.74 Å².